The van der Waals surface area contributed by atoms with Gasteiger partial charge in [-0.3, -0.25) is 0 Å². The molecule has 0 radical (unpaired) electrons. The molecule has 0 aromatic carbocycles. The number of thioether (sulfide) groups is 1. The topological polar surface area (TPSA) is 43.1 Å². The Labute approximate surface area is 97.1 Å². The van der Waals surface area contributed by atoms with Crippen molar-refractivity contribution in [2.75, 3.05) is 5.88 Å². The number of aromatic nitrogens is 4. The molecule has 2 heterocycles. The fourth-order valence-electron chi connectivity index (χ4n) is 1.22. The summed E-state index contributed by atoms with van der Waals surface area (Å²) in [5.74, 6) is 1.25. The summed E-state index contributed by atoms with van der Waals surface area (Å²) in [5, 5.41) is 5.50. The molecular formula is C9H11ClN4S. The molecule has 0 saturated carbocycles. The highest BCUT2D eigenvalue weighted by molar-refractivity contribution is 7.99. The summed E-state index contributed by atoms with van der Waals surface area (Å²) in [4.78, 5) is 8.34. The molecule has 0 aliphatic rings. The van der Waals surface area contributed by atoms with Gasteiger partial charge in [0.1, 0.15) is 11.4 Å². The van der Waals surface area contributed by atoms with Crippen LogP contribution in [0.4, 0.5) is 0 Å². The van der Waals surface area contributed by atoms with Crippen LogP contribution in [0.15, 0.2) is 17.4 Å². The van der Waals surface area contributed by atoms with Gasteiger partial charge in [0, 0.05) is 16.8 Å². The Morgan fingerprint density at radius 2 is 2.40 bits per heavy atom. The van der Waals surface area contributed by atoms with Crippen LogP contribution in [-0.4, -0.2) is 30.7 Å². The van der Waals surface area contributed by atoms with Crippen LogP contribution in [0, 0.1) is 6.92 Å². The Kier molecular flexibility index (Phi) is 3.11. The van der Waals surface area contributed by atoms with Gasteiger partial charge in [-0.2, -0.15) is 14.6 Å². The SMILES string of the molecule is Cc1cc(SC(C)CCl)n2ncnc2n1. The number of halogens is 1. The lowest BCUT2D eigenvalue weighted by Crippen LogP contribution is -2.03. The lowest BCUT2D eigenvalue weighted by Gasteiger charge is -2.08. The van der Waals surface area contributed by atoms with E-state index >= 15 is 0 Å². The molecule has 0 aliphatic carbocycles. The van der Waals surface area contributed by atoms with Crippen molar-refractivity contribution in [2.24, 2.45) is 0 Å². The first-order chi connectivity index (χ1) is 7.20. The third-order valence-corrected chi connectivity index (χ3v) is 3.63. The maximum Gasteiger partial charge on any atom is 0.253 e. The Balaban J connectivity index is 2.44. The average Bonchev–Trinajstić information content (AvgIpc) is 2.65. The number of rotatable bonds is 3. The molecule has 6 heteroatoms. The Hall–Kier alpha value is -0.810. The van der Waals surface area contributed by atoms with E-state index in [1.165, 1.54) is 6.33 Å². The van der Waals surface area contributed by atoms with E-state index in [0.29, 0.717) is 16.9 Å². The maximum absolute atomic E-state index is 5.79. The van der Waals surface area contributed by atoms with Gasteiger partial charge in [0.15, 0.2) is 0 Å². The van der Waals surface area contributed by atoms with Gasteiger partial charge in [0.25, 0.3) is 5.78 Å². The van der Waals surface area contributed by atoms with E-state index in [0.717, 1.165) is 10.7 Å². The molecule has 0 spiro atoms. The molecule has 0 N–H and O–H groups in total. The lowest BCUT2D eigenvalue weighted by molar-refractivity contribution is 0.830. The maximum atomic E-state index is 5.79. The standard InChI is InChI=1S/C9H11ClN4S/c1-6-3-8(15-7(2)4-10)14-9(13-6)11-5-12-14/h3,5,7H,4H2,1-2H3. The second kappa shape index (κ2) is 4.37. The van der Waals surface area contributed by atoms with Crippen molar-refractivity contribution in [2.45, 2.75) is 24.1 Å². The molecule has 0 aliphatic heterocycles. The number of hydrogen-bond acceptors (Lipinski definition) is 4. The molecule has 2 rings (SSSR count). The van der Waals surface area contributed by atoms with E-state index in [-0.39, 0.29) is 0 Å². The lowest BCUT2D eigenvalue weighted by atomic mass is 10.5. The van der Waals surface area contributed by atoms with Crippen LogP contribution in [0.3, 0.4) is 0 Å². The minimum absolute atomic E-state index is 0.348. The number of hydrogen-bond donors (Lipinski definition) is 0. The largest absolute Gasteiger partial charge is 0.253 e. The molecular weight excluding hydrogens is 232 g/mol. The fourth-order valence-corrected chi connectivity index (χ4v) is 2.35. The molecule has 1 unspecified atom stereocenters. The van der Waals surface area contributed by atoms with Crippen LogP contribution >= 0.6 is 23.4 Å². The first kappa shape index (κ1) is 10.7. The van der Waals surface area contributed by atoms with Gasteiger partial charge in [-0.15, -0.1) is 23.4 Å². The van der Waals surface area contributed by atoms with Crippen molar-refractivity contribution in [3.63, 3.8) is 0 Å². The molecule has 0 bridgehead atoms. The molecule has 1 atom stereocenters. The van der Waals surface area contributed by atoms with Crippen LogP contribution in [0.25, 0.3) is 5.78 Å². The highest BCUT2D eigenvalue weighted by atomic mass is 35.5. The van der Waals surface area contributed by atoms with Gasteiger partial charge in [-0.25, -0.2) is 4.98 Å². The van der Waals surface area contributed by atoms with Gasteiger partial charge < -0.3 is 0 Å². The van der Waals surface area contributed by atoms with Gasteiger partial charge in [0.05, 0.1) is 0 Å². The zero-order valence-corrected chi connectivity index (χ0v) is 10.1. The van der Waals surface area contributed by atoms with E-state index < -0.39 is 0 Å². The van der Waals surface area contributed by atoms with Crippen LogP contribution in [0.5, 0.6) is 0 Å². The van der Waals surface area contributed by atoms with E-state index in [1.807, 2.05) is 13.0 Å². The summed E-state index contributed by atoms with van der Waals surface area (Å²) in [6.07, 6.45) is 1.51. The number of alkyl halides is 1. The van der Waals surface area contributed by atoms with E-state index in [1.54, 1.807) is 16.3 Å². The van der Waals surface area contributed by atoms with Crippen molar-refractivity contribution >= 4 is 29.1 Å². The summed E-state index contributed by atoms with van der Waals surface area (Å²) >= 11 is 7.47. The highest BCUT2D eigenvalue weighted by Gasteiger charge is 2.09. The zero-order chi connectivity index (χ0) is 10.8. The van der Waals surface area contributed by atoms with Crippen LogP contribution < -0.4 is 0 Å². The molecule has 0 fully saturated rings. The number of fused-ring (bicyclic) bond motifs is 1. The van der Waals surface area contributed by atoms with Gasteiger partial charge in [-0.1, -0.05) is 6.92 Å². The fraction of sp³-hybridized carbons (Fsp3) is 0.444. The number of nitrogens with zero attached hydrogens (tertiary/aromatic N) is 4. The predicted molar refractivity (Wildman–Crippen MR) is 61.6 cm³/mol. The Morgan fingerprint density at radius 1 is 1.60 bits per heavy atom. The van der Waals surface area contributed by atoms with E-state index in [9.17, 15) is 0 Å². The molecule has 2 aromatic rings. The van der Waals surface area contributed by atoms with E-state index in [2.05, 4.69) is 22.0 Å². The minimum atomic E-state index is 0.348. The molecule has 80 valence electrons. The Morgan fingerprint density at radius 3 is 3.13 bits per heavy atom. The van der Waals surface area contributed by atoms with Crippen LogP contribution in [-0.2, 0) is 0 Å². The second-order valence-electron chi connectivity index (χ2n) is 3.29. The van der Waals surface area contributed by atoms with Crippen molar-refractivity contribution in [3.05, 3.63) is 18.1 Å². The summed E-state index contributed by atoms with van der Waals surface area (Å²) in [5.41, 5.74) is 0.944. The third kappa shape index (κ3) is 2.23. The normalized spacial score (nSPS) is 13.3. The quantitative estimate of drug-likeness (QED) is 0.470. The monoisotopic (exact) mass is 242 g/mol. The van der Waals surface area contributed by atoms with Gasteiger partial charge in [-0.05, 0) is 13.0 Å². The summed E-state index contributed by atoms with van der Waals surface area (Å²) in [6.45, 7) is 4.03. The van der Waals surface area contributed by atoms with Crippen LogP contribution in [0.2, 0.25) is 0 Å². The zero-order valence-electron chi connectivity index (χ0n) is 8.51. The Bertz CT molecular complexity index is 470. The third-order valence-electron chi connectivity index (χ3n) is 1.89. The van der Waals surface area contributed by atoms with Crippen LogP contribution in [0.1, 0.15) is 12.6 Å². The number of aryl methyl sites for hydroxylation is 1. The molecule has 0 amide bonds. The average molecular weight is 243 g/mol. The van der Waals surface area contributed by atoms with Gasteiger partial charge >= 0.3 is 0 Å². The summed E-state index contributed by atoms with van der Waals surface area (Å²) < 4.78 is 1.74. The molecule has 2 aromatic heterocycles. The van der Waals surface area contributed by atoms with Crippen molar-refractivity contribution in [1.82, 2.24) is 19.6 Å². The smallest absolute Gasteiger partial charge is 0.216 e. The first-order valence-corrected chi connectivity index (χ1v) is 6.02. The van der Waals surface area contributed by atoms with Crippen molar-refractivity contribution < 1.29 is 0 Å². The summed E-state index contributed by atoms with van der Waals surface area (Å²) in [6, 6.07) is 2.00. The molecule has 15 heavy (non-hydrogen) atoms. The predicted octanol–water partition coefficient (Wildman–Crippen LogP) is 2.15. The minimum Gasteiger partial charge on any atom is -0.216 e. The summed E-state index contributed by atoms with van der Waals surface area (Å²) in [7, 11) is 0. The van der Waals surface area contributed by atoms with E-state index in [4.69, 9.17) is 11.6 Å². The molecule has 0 saturated heterocycles. The highest BCUT2D eigenvalue weighted by Crippen LogP contribution is 2.24. The second-order valence-corrected chi connectivity index (χ2v) is 5.06. The van der Waals surface area contributed by atoms with Crippen molar-refractivity contribution in [3.8, 4) is 0 Å². The first-order valence-electron chi connectivity index (χ1n) is 4.60. The molecule has 4 nitrogen and oxygen atoms in total. The van der Waals surface area contributed by atoms with Crippen molar-refractivity contribution in [1.29, 1.82) is 0 Å². The van der Waals surface area contributed by atoms with Gasteiger partial charge in [0.2, 0.25) is 0 Å².